The van der Waals surface area contributed by atoms with Crippen LogP contribution in [0.15, 0.2) is 0 Å². The zero-order valence-electron chi connectivity index (χ0n) is 12.2. The third-order valence-corrected chi connectivity index (χ3v) is 4.05. The highest BCUT2D eigenvalue weighted by Gasteiger charge is 2.25. The molecule has 1 aliphatic carbocycles. The molecule has 5 heteroatoms. The summed E-state index contributed by atoms with van der Waals surface area (Å²) in [5, 5.41) is 11.6. The molecule has 0 bridgehead atoms. The van der Waals surface area contributed by atoms with Crippen LogP contribution in [0.3, 0.4) is 0 Å². The molecular weight excluding hydrogens is 244 g/mol. The molecule has 0 aliphatic heterocycles. The van der Waals surface area contributed by atoms with Crippen LogP contribution < -0.4 is 5.32 Å². The molecular formula is C14H26N2O3. The van der Waals surface area contributed by atoms with Gasteiger partial charge in [0.2, 0.25) is 0 Å². The fourth-order valence-corrected chi connectivity index (χ4v) is 2.56. The molecule has 3 atom stereocenters. The number of carboxylic acid groups (broad SMARTS) is 1. The van der Waals surface area contributed by atoms with Crippen LogP contribution in [0.1, 0.15) is 46.0 Å². The summed E-state index contributed by atoms with van der Waals surface area (Å²) in [5.74, 6) is -0.551. The van der Waals surface area contributed by atoms with Crippen LogP contribution in [-0.4, -0.2) is 41.6 Å². The van der Waals surface area contributed by atoms with Gasteiger partial charge in [-0.3, -0.25) is 4.79 Å². The van der Waals surface area contributed by atoms with Crippen molar-refractivity contribution in [2.24, 2.45) is 11.8 Å². The molecule has 2 amide bonds. The Bertz CT molecular complexity index is 320. The Hall–Kier alpha value is -1.26. The molecule has 0 aromatic rings. The molecule has 0 aromatic carbocycles. The van der Waals surface area contributed by atoms with Gasteiger partial charge in [0.1, 0.15) is 0 Å². The molecule has 1 fully saturated rings. The maximum absolute atomic E-state index is 12.0. The van der Waals surface area contributed by atoms with Crippen LogP contribution in [0.4, 0.5) is 4.79 Å². The smallest absolute Gasteiger partial charge is 0.317 e. The highest BCUT2D eigenvalue weighted by molar-refractivity contribution is 5.74. The summed E-state index contributed by atoms with van der Waals surface area (Å²) in [5.41, 5.74) is 0. The van der Waals surface area contributed by atoms with Crippen molar-refractivity contribution in [3.63, 3.8) is 0 Å². The van der Waals surface area contributed by atoms with Gasteiger partial charge in [-0.05, 0) is 25.2 Å². The average molecular weight is 270 g/mol. The first-order valence-corrected chi connectivity index (χ1v) is 7.15. The van der Waals surface area contributed by atoms with Crippen LogP contribution >= 0.6 is 0 Å². The zero-order chi connectivity index (χ0) is 14.4. The second-order valence-corrected chi connectivity index (χ2v) is 5.80. The molecule has 0 heterocycles. The molecule has 5 nitrogen and oxygen atoms in total. The summed E-state index contributed by atoms with van der Waals surface area (Å²) in [6, 6.07) is 0.234. The van der Waals surface area contributed by atoms with Gasteiger partial charge in [-0.2, -0.15) is 0 Å². The standard InChI is InChI=1S/C14H26N2O3/c1-10-5-4-6-12(9-10)16(3)14(19)15-8-7-11(2)13(17)18/h10-12H,4-9H2,1-3H3,(H,15,19)(H,17,18). The molecule has 3 unspecified atom stereocenters. The Morgan fingerprint density at radius 1 is 1.42 bits per heavy atom. The third-order valence-electron chi connectivity index (χ3n) is 4.05. The molecule has 0 spiro atoms. The number of amides is 2. The van der Waals surface area contributed by atoms with E-state index < -0.39 is 11.9 Å². The maximum atomic E-state index is 12.0. The Balaban J connectivity index is 2.30. The summed E-state index contributed by atoms with van der Waals surface area (Å²) >= 11 is 0. The minimum absolute atomic E-state index is 0.0864. The van der Waals surface area contributed by atoms with E-state index in [0.29, 0.717) is 24.9 Å². The van der Waals surface area contributed by atoms with Gasteiger partial charge in [-0.25, -0.2) is 4.79 Å². The van der Waals surface area contributed by atoms with Crippen molar-refractivity contribution in [1.82, 2.24) is 10.2 Å². The largest absolute Gasteiger partial charge is 0.481 e. The topological polar surface area (TPSA) is 69.6 Å². The van der Waals surface area contributed by atoms with E-state index in [1.807, 2.05) is 7.05 Å². The van der Waals surface area contributed by atoms with E-state index in [-0.39, 0.29) is 6.03 Å². The van der Waals surface area contributed by atoms with Gasteiger partial charge in [0, 0.05) is 19.6 Å². The lowest BCUT2D eigenvalue weighted by Gasteiger charge is -2.34. The van der Waals surface area contributed by atoms with E-state index in [9.17, 15) is 9.59 Å². The van der Waals surface area contributed by atoms with E-state index in [2.05, 4.69) is 12.2 Å². The third kappa shape index (κ3) is 5.09. The number of carbonyl (C=O) groups is 2. The van der Waals surface area contributed by atoms with E-state index in [0.717, 1.165) is 12.8 Å². The minimum Gasteiger partial charge on any atom is -0.481 e. The van der Waals surface area contributed by atoms with E-state index in [1.165, 1.54) is 12.8 Å². The van der Waals surface area contributed by atoms with Gasteiger partial charge in [0.25, 0.3) is 0 Å². The second-order valence-electron chi connectivity index (χ2n) is 5.80. The van der Waals surface area contributed by atoms with Crippen molar-refractivity contribution in [2.75, 3.05) is 13.6 Å². The Morgan fingerprint density at radius 3 is 2.68 bits per heavy atom. The van der Waals surface area contributed by atoms with Gasteiger partial charge < -0.3 is 15.3 Å². The van der Waals surface area contributed by atoms with E-state index >= 15 is 0 Å². The highest BCUT2D eigenvalue weighted by Crippen LogP contribution is 2.26. The first-order chi connectivity index (χ1) is 8.91. The summed E-state index contributed by atoms with van der Waals surface area (Å²) in [6.07, 6.45) is 5.03. The Labute approximate surface area is 115 Å². The number of carboxylic acids is 1. The lowest BCUT2D eigenvalue weighted by atomic mass is 9.86. The molecule has 19 heavy (non-hydrogen) atoms. The molecule has 1 saturated carbocycles. The van der Waals surface area contributed by atoms with E-state index in [4.69, 9.17) is 5.11 Å². The van der Waals surface area contributed by atoms with Gasteiger partial charge in [-0.1, -0.05) is 26.7 Å². The fraction of sp³-hybridized carbons (Fsp3) is 0.857. The van der Waals surface area contributed by atoms with Gasteiger partial charge in [0.15, 0.2) is 0 Å². The van der Waals surface area contributed by atoms with Crippen molar-refractivity contribution < 1.29 is 14.7 Å². The predicted octanol–water partition coefficient (Wildman–Crippen LogP) is 2.32. The Kier molecular flexibility index (Phi) is 6.12. The molecule has 1 aliphatic rings. The number of nitrogens with one attached hydrogen (secondary N) is 1. The number of hydrogen-bond donors (Lipinski definition) is 2. The van der Waals surface area contributed by atoms with Crippen LogP contribution in [-0.2, 0) is 4.79 Å². The lowest BCUT2D eigenvalue weighted by molar-refractivity contribution is -0.141. The number of aliphatic carboxylic acids is 1. The first-order valence-electron chi connectivity index (χ1n) is 7.15. The molecule has 0 saturated heterocycles. The molecule has 0 aromatic heterocycles. The first kappa shape index (κ1) is 15.8. The summed E-state index contributed by atoms with van der Waals surface area (Å²) < 4.78 is 0. The highest BCUT2D eigenvalue weighted by atomic mass is 16.4. The van der Waals surface area contributed by atoms with Crippen LogP contribution in [0.2, 0.25) is 0 Å². The SMILES string of the molecule is CC1CCCC(N(C)C(=O)NCCC(C)C(=O)O)C1. The summed E-state index contributed by atoms with van der Waals surface area (Å²) in [4.78, 5) is 24.4. The minimum atomic E-state index is -0.816. The molecule has 1 rings (SSSR count). The number of carbonyl (C=O) groups excluding carboxylic acids is 1. The van der Waals surface area contributed by atoms with Crippen molar-refractivity contribution in [1.29, 1.82) is 0 Å². The second kappa shape index (κ2) is 7.36. The summed E-state index contributed by atoms with van der Waals surface area (Å²) in [6.45, 7) is 4.30. The molecule has 0 radical (unpaired) electrons. The zero-order valence-corrected chi connectivity index (χ0v) is 12.2. The van der Waals surface area contributed by atoms with E-state index in [1.54, 1.807) is 11.8 Å². The lowest BCUT2D eigenvalue weighted by Crippen LogP contribution is -2.45. The molecule has 2 N–H and O–H groups in total. The van der Waals surface area contributed by atoms with Crippen molar-refractivity contribution in [3.05, 3.63) is 0 Å². The number of hydrogen-bond acceptors (Lipinski definition) is 2. The Morgan fingerprint density at radius 2 is 2.11 bits per heavy atom. The van der Waals surface area contributed by atoms with Crippen molar-refractivity contribution in [3.8, 4) is 0 Å². The number of urea groups is 1. The fourth-order valence-electron chi connectivity index (χ4n) is 2.56. The monoisotopic (exact) mass is 270 g/mol. The predicted molar refractivity (Wildman–Crippen MR) is 74.0 cm³/mol. The van der Waals surface area contributed by atoms with Gasteiger partial charge in [-0.15, -0.1) is 0 Å². The molecule has 110 valence electrons. The van der Waals surface area contributed by atoms with Gasteiger partial charge >= 0.3 is 12.0 Å². The van der Waals surface area contributed by atoms with Gasteiger partial charge in [0.05, 0.1) is 5.92 Å². The maximum Gasteiger partial charge on any atom is 0.317 e. The summed E-state index contributed by atoms with van der Waals surface area (Å²) in [7, 11) is 1.83. The van der Waals surface area contributed by atoms with Crippen LogP contribution in [0.25, 0.3) is 0 Å². The van der Waals surface area contributed by atoms with Crippen molar-refractivity contribution >= 4 is 12.0 Å². The number of nitrogens with zero attached hydrogens (tertiary/aromatic N) is 1. The van der Waals surface area contributed by atoms with Crippen LogP contribution in [0, 0.1) is 11.8 Å². The average Bonchev–Trinajstić information content (AvgIpc) is 2.37. The quantitative estimate of drug-likeness (QED) is 0.805. The van der Waals surface area contributed by atoms with Crippen LogP contribution in [0.5, 0.6) is 0 Å². The normalized spacial score (nSPS) is 24.6. The number of rotatable bonds is 5. The van der Waals surface area contributed by atoms with Crippen molar-refractivity contribution in [2.45, 2.75) is 52.0 Å².